The molecule has 0 atom stereocenters. The third kappa shape index (κ3) is 2.34. The Morgan fingerprint density at radius 1 is 1.06 bits per heavy atom. The third-order valence-corrected chi connectivity index (χ3v) is 3.20. The van der Waals surface area contributed by atoms with E-state index in [1.165, 1.54) is 24.3 Å². The smallest absolute Gasteiger partial charge is 0.339 e. The van der Waals surface area contributed by atoms with Crippen molar-refractivity contribution in [1.29, 1.82) is 0 Å². The van der Waals surface area contributed by atoms with E-state index >= 15 is 0 Å². The molecule has 0 saturated carbocycles. The molecule has 2 amide bonds. The van der Waals surface area contributed by atoms with E-state index in [4.69, 9.17) is 0 Å². The van der Waals surface area contributed by atoms with E-state index in [1.807, 2.05) is 5.32 Å². The summed E-state index contributed by atoms with van der Waals surface area (Å²) < 4.78 is 27.9. The number of amides is 2. The van der Waals surface area contributed by atoms with Gasteiger partial charge in [0.05, 0.1) is 6.08 Å². The molecule has 6 nitrogen and oxygen atoms in total. The number of rotatable bonds is 3. The average Bonchev–Trinajstić information content (AvgIpc) is 2.58. The molecule has 1 N–H and O–H groups in total. The minimum Gasteiger partial charge on any atom is -0.373 e. The van der Waals surface area contributed by atoms with Gasteiger partial charge in [-0.25, -0.2) is 0 Å². The van der Waals surface area contributed by atoms with Crippen molar-refractivity contribution in [3.05, 3.63) is 42.2 Å². The van der Waals surface area contributed by atoms with Crippen LogP contribution in [-0.4, -0.2) is 20.2 Å². The van der Waals surface area contributed by atoms with Crippen molar-refractivity contribution in [2.75, 3.05) is 0 Å². The summed E-state index contributed by atoms with van der Waals surface area (Å²) in [5.74, 6) is -2.10. The summed E-state index contributed by atoms with van der Waals surface area (Å²) in [5, 5.41) is 1.88. The Kier molecular flexibility index (Phi) is 2.68. The zero-order valence-corrected chi connectivity index (χ0v) is 9.23. The zero-order chi connectivity index (χ0) is 12.5. The largest absolute Gasteiger partial charge is 0.373 e. The Morgan fingerprint density at radius 3 is 2.24 bits per heavy atom. The molecule has 0 spiro atoms. The van der Waals surface area contributed by atoms with Gasteiger partial charge in [-0.1, -0.05) is 18.2 Å². The van der Waals surface area contributed by atoms with Crippen LogP contribution in [0.4, 0.5) is 0 Å². The first kappa shape index (κ1) is 11.3. The van der Waals surface area contributed by atoms with Gasteiger partial charge in [0.1, 0.15) is 4.90 Å². The van der Waals surface area contributed by atoms with E-state index in [1.54, 1.807) is 6.07 Å². The Bertz CT molecular complexity index is 603. The van der Waals surface area contributed by atoms with Crippen molar-refractivity contribution in [1.82, 2.24) is 5.32 Å². The topological polar surface area (TPSA) is 89.5 Å². The molecule has 0 unspecified atom stereocenters. The van der Waals surface area contributed by atoms with E-state index in [-0.39, 0.29) is 4.90 Å². The first-order chi connectivity index (χ1) is 7.99. The lowest BCUT2D eigenvalue weighted by Gasteiger charge is -2.05. The van der Waals surface area contributed by atoms with Crippen molar-refractivity contribution in [2.45, 2.75) is 4.90 Å². The van der Waals surface area contributed by atoms with Gasteiger partial charge in [0.2, 0.25) is 5.76 Å². The second-order valence-corrected chi connectivity index (χ2v) is 4.72. The molecule has 0 bridgehead atoms. The van der Waals surface area contributed by atoms with Crippen LogP contribution >= 0.6 is 0 Å². The number of imide groups is 1. The highest BCUT2D eigenvalue weighted by Crippen LogP contribution is 2.16. The number of nitrogens with one attached hydrogen (secondary N) is 1. The predicted molar refractivity (Wildman–Crippen MR) is 55.9 cm³/mol. The second kappa shape index (κ2) is 4.02. The number of hydrogen-bond donors (Lipinski definition) is 1. The summed E-state index contributed by atoms with van der Waals surface area (Å²) in [4.78, 5) is 21.8. The fourth-order valence-corrected chi connectivity index (χ4v) is 2.16. The van der Waals surface area contributed by atoms with Crippen LogP contribution in [0.15, 0.2) is 47.1 Å². The van der Waals surface area contributed by atoms with Crippen molar-refractivity contribution in [3.63, 3.8) is 0 Å². The van der Waals surface area contributed by atoms with Gasteiger partial charge in [-0.2, -0.15) is 8.42 Å². The van der Waals surface area contributed by atoms with Gasteiger partial charge in [-0.15, -0.1) is 0 Å². The molecule has 2 rings (SSSR count). The normalized spacial score (nSPS) is 15.4. The van der Waals surface area contributed by atoms with Crippen LogP contribution in [0.1, 0.15) is 0 Å². The molecule has 17 heavy (non-hydrogen) atoms. The van der Waals surface area contributed by atoms with Crippen LogP contribution in [0.25, 0.3) is 0 Å². The lowest BCUT2D eigenvalue weighted by Crippen LogP contribution is -2.23. The van der Waals surface area contributed by atoms with Gasteiger partial charge in [0.25, 0.3) is 11.8 Å². The van der Waals surface area contributed by atoms with Crippen molar-refractivity contribution in [2.24, 2.45) is 0 Å². The number of hydrogen-bond acceptors (Lipinski definition) is 5. The molecule has 0 aliphatic carbocycles. The minimum atomic E-state index is -4.08. The SMILES string of the molecule is O=C1C=C(OS(=O)(=O)c2ccccc2)C(=O)N1. The predicted octanol–water partition coefficient (Wildman–Crippen LogP) is -0.0678. The molecule has 1 aliphatic heterocycles. The van der Waals surface area contributed by atoms with Crippen LogP contribution in [0.2, 0.25) is 0 Å². The van der Waals surface area contributed by atoms with Crippen LogP contribution in [0.3, 0.4) is 0 Å². The Balaban J connectivity index is 2.28. The van der Waals surface area contributed by atoms with E-state index in [9.17, 15) is 18.0 Å². The van der Waals surface area contributed by atoms with Crippen molar-refractivity contribution < 1.29 is 22.2 Å². The van der Waals surface area contributed by atoms with Gasteiger partial charge in [0.15, 0.2) is 0 Å². The maximum atomic E-state index is 11.7. The number of carbonyl (C=O) groups is 2. The Labute approximate surface area is 97.0 Å². The number of carbonyl (C=O) groups excluding carboxylic acids is 2. The highest BCUT2D eigenvalue weighted by atomic mass is 32.2. The lowest BCUT2D eigenvalue weighted by molar-refractivity contribution is -0.124. The summed E-state index contributed by atoms with van der Waals surface area (Å²) in [6.07, 6.45) is 0.794. The fourth-order valence-electron chi connectivity index (χ4n) is 1.21. The van der Waals surface area contributed by atoms with Gasteiger partial charge in [-0.3, -0.25) is 14.9 Å². The first-order valence-corrected chi connectivity index (χ1v) is 5.96. The summed E-state index contributed by atoms with van der Waals surface area (Å²) in [6.45, 7) is 0. The summed E-state index contributed by atoms with van der Waals surface area (Å²) in [6, 6.07) is 7.33. The van der Waals surface area contributed by atoms with Gasteiger partial charge >= 0.3 is 10.1 Å². The van der Waals surface area contributed by atoms with E-state index in [0.29, 0.717) is 0 Å². The molecule has 7 heteroatoms. The van der Waals surface area contributed by atoms with E-state index < -0.39 is 27.7 Å². The van der Waals surface area contributed by atoms with Crippen LogP contribution in [-0.2, 0) is 23.9 Å². The molecule has 1 aromatic carbocycles. The molecule has 0 fully saturated rings. The van der Waals surface area contributed by atoms with Crippen LogP contribution in [0, 0.1) is 0 Å². The maximum absolute atomic E-state index is 11.7. The summed E-state index contributed by atoms with van der Waals surface area (Å²) in [7, 11) is -4.08. The zero-order valence-electron chi connectivity index (χ0n) is 8.41. The molecule has 0 radical (unpaired) electrons. The van der Waals surface area contributed by atoms with Gasteiger partial charge in [-0.05, 0) is 12.1 Å². The maximum Gasteiger partial charge on any atom is 0.339 e. The average molecular weight is 253 g/mol. The minimum absolute atomic E-state index is 0.0898. The van der Waals surface area contributed by atoms with Crippen LogP contribution < -0.4 is 5.32 Å². The van der Waals surface area contributed by atoms with Gasteiger partial charge in [0, 0.05) is 0 Å². The molecular formula is C10H7NO5S. The Morgan fingerprint density at radius 2 is 1.71 bits per heavy atom. The molecule has 1 aliphatic rings. The fraction of sp³-hybridized carbons (Fsp3) is 0. The molecule has 1 heterocycles. The highest BCUT2D eigenvalue weighted by molar-refractivity contribution is 7.86. The Hall–Kier alpha value is -2.15. The third-order valence-electron chi connectivity index (χ3n) is 1.95. The lowest BCUT2D eigenvalue weighted by atomic mass is 10.4. The van der Waals surface area contributed by atoms with Crippen LogP contribution in [0.5, 0.6) is 0 Å². The number of benzene rings is 1. The van der Waals surface area contributed by atoms with Crippen molar-refractivity contribution >= 4 is 21.9 Å². The highest BCUT2D eigenvalue weighted by Gasteiger charge is 2.28. The molecular weight excluding hydrogens is 246 g/mol. The molecule has 88 valence electrons. The van der Waals surface area contributed by atoms with Crippen molar-refractivity contribution in [3.8, 4) is 0 Å². The second-order valence-electron chi connectivity index (χ2n) is 3.18. The molecule has 1 aromatic rings. The first-order valence-electron chi connectivity index (χ1n) is 4.55. The molecule has 0 aromatic heterocycles. The standard InChI is InChI=1S/C10H7NO5S/c12-9-6-8(10(13)11-9)16-17(14,15)7-4-2-1-3-5-7/h1-6H,(H,11,12,13). The van der Waals surface area contributed by atoms with E-state index in [0.717, 1.165) is 6.08 Å². The summed E-state index contributed by atoms with van der Waals surface area (Å²) >= 11 is 0. The summed E-state index contributed by atoms with van der Waals surface area (Å²) in [5.41, 5.74) is 0. The quantitative estimate of drug-likeness (QED) is 0.601. The monoisotopic (exact) mass is 253 g/mol. The van der Waals surface area contributed by atoms with E-state index in [2.05, 4.69) is 4.18 Å². The van der Waals surface area contributed by atoms with Gasteiger partial charge < -0.3 is 4.18 Å². The molecule has 0 saturated heterocycles.